The van der Waals surface area contributed by atoms with Gasteiger partial charge in [-0.25, -0.2) is 0 Å². The van der Waals surface area contributed by atoms with Crippen molar-refractivity contribution in [2.45, 2.75) is 52.4 Å². The van der Waals surface area contributed by atoms with Gasteiger partial charge >= 0.3 is 0 Å². The first-order chi connectivity index (χ1) is 29.2. The second kappa shape index (κ2) is 21.0. The average Bonchev–Trinajstić information content (AvgIpc) is 3.26. The van der Waals surface area contributed by atoms with Crippen LogP contribution in [-0.2, 0) is 90.2 Å². The van der Waals surface area contributed by atoms with Crippen LogP contribution < -0.4 is 0 Å². The molecule has 306 valence electrons. The van der Waals surface area contributed by atoms with Gasteiger partial charge in [0.25, 0.3) is 0 Å². The van der Waals surface area contributed by atoms with E-state index in [4.69, 9.17) is 0 Å². The summed E-state index contributed by atoms with van der Waals surface area (Å²) in [5.41, 5.74) is 17.1. The van der Waals surface area contributed by atoms with E-state index in [2.05, 4.69) is 173 Å². The van der Waals surface area contributed by atoms with Crippen LogP contribution in [0.4, 0.5) is 0 Å². The van der Waals surface area contributed by atoms with Crippen molar-refractivity contribution in [1.29, 1.82) is 0 Å². The molecule has 0 radical (unpaired) electrons. The molecule has 0 aliphatic carbocycles. The van der Waals surface area contributed by atoms with E-state index in [1.165, 1.54) is 88.3 Å². The number of fused-ring (bicyclic) bond motifs is 2. The van der Waals surface area contributed by atoms with E-state index in [9.17, 15) is 9.59 Å². The predicted octanol–water partition coefficient (Wildman–Crippen LogP) is 12.8. The number of benzene rings is 8. The van der Waals surface area contributed by atoms with Gasteiger partial charge in [-0.2, -0.15) is 0 Å². The van der Waals surface area contributed by atoms with Crippen LogP contribution in [0.2, 0.25) is 0 Å². The molecule has 0 atom stereocenters. The minimum Gasteiger partial charge on any atom is -0.434 e. The molecule has 0 aliphatic heterocycles. The Morgan fingerprint density at radius 3 is 1.24 bits per heavy atom. The normalized spacial score (nSPS) is 10.8. The van der Waals surface area contributed by atoms with Crippen LogP contribution in [0.15, 0.2) is 171 Å². The summed E-state index contributed by atoms with van der Waals surface area (Å²) in [5.74, 6) is -0.173. The van der Waals surface area contributed by atoms with Gasteiger partial charge in [-0.3, -0.25) is 13.2 Å². The van der Waals surface area contributed by atoms with Crippen LogP contribution >= 0.6 is 0 Å². The average molecular weight is 1140 g/mol. The molecule has 0 aliphatic rings. The van der Waals surface area contributed by atoms with E-state index in [1.54, 1.807) is 0 Å². The van der Waals surface area contributed by atoms with Gasteiger partial charge in [0.05, 0.1) is 0 Å². The fraction of sp³-hybridized carbons (Fsp3) is 0.138. The molecule has 8 rings (SSSR count). The van der Waals surface area contributed by atoms with Crippen LogP contribution in [0, 0.1) is 26.0 Å². The third-order valence-electron chi connectivity index (χ3n) is 11.5. The number of rotatable bonds is 15. The van der Waals surface area contributed by atoms with Crippen molar-refractivity contribution in [1.82, 2.24) is 0 Å². The van der Waals surface area contributed by atoms with Gasteiger partial charge in [-0.05, 0) is 139 Å². The molecule has 0 saturated heterocycles. The van der Waals surface area contributed by atoms with E-state index in [1.807, 2.05) is 24.3 Å². The Kier molecular flexibility index (Phi) is 15.6. The molecule has 0 aromatic heterocycles. The minimum atomic E-state index is -0.0867. The third kappa shape index (κ3) is 11.3. The fourth-order valence-corrected chi connectivity index (χ4v) is 8.34. The Balaban J connectivity index is 0.00000321. The van der Waals surface area contributed by atoms with Crippen LogP contribution in [0.3, 0.4) is 0 Å². The monoisotopic (exact) mass is 1140 g/mol. The summed E-state index contributed by atoms with van der Waals surface area (Å²) in [5, 5.41) is 5.04. The van der Waals surface area contributed by atoms with Crippen LogP contribution in [-0.4, -0.2) is 11.6 Å². The van der Waals surface area contributed by atoms with Crippen molar-refractivity contribution >= 4 is 33.1 Å². The molecule has 8 aromatic rings. The Hall–Kier alpha value is -5.52. The van der Waals surface area contributed by atoms with E-state index in [0.29, 0.717) is 12.8 Å². The number of aryl methyl sites for hydroxylation is 2. The Morgan fingerprint density at radius 1 is 0.403 bits per heavy atom. The molecule has 2 nitrogen and oxygen atoms in total. The van der Waals surface area contributed by atoms with Crippen molar-refractivity contribution in [3.05, 3.63) is 250 Å². The molecule has 0 spiro atoms. The first-order valence-electron chi connectivity index (χ1n) is 20.7. The quantitative estimate of drug-likeness (QED) is 0.0757. The molecule has 0 bridgehead atoms. The van der Waals surface area contributed by atoms with Crippen molar-refractivity contribution in [3.63, 3.8) is 0 Å². The standard InChI is InChI=1S/C58H48O2.2W/c1-5-53(59)36-47-21-15-43(16-22-47)31-41-9-11-45(12-10-41)33-49-35-52-30-40(4)7-27-55(52)57(38-49)58-51(26-25-50-29-39(3)8-28-56(50)58)34-46-19-13-42(14-20-46)32-44-17-23-48(24-18-44)37-54(60)6-2;;/h7-30,35,38H,1-2,31-34,36-37H2,3-4H3;;/q-2;;. The number of hydrogen-bond donors (Lipinski definition) is 0. The van der Waals surface area contributed by atoms with Gasteiger partial charge in [-0.1, -0.05) is 169 Å². The summed E-state index contributed by atoms with van der Waals surface area (Å²) in [6, 6.07) is 57.7. The van der Waals surface area contributed by atoms with Crippen LogP contribution in [0.1, 0.15) is 66.8 Å². The fourth-order valence-electron chi connectivity index (χ4n) is 8.34. The first-order valence-corrected chi connectivity index (χ1v) is 20.7. The summed E-state index contributed by atoms with van der Waals surface area (Å²) < 4.78 is 0. The number of allylic oxidation sites excluding steroid dienone is 2. The summed E-state index contributed by atoms with van der Waals surface area (Å²) in [6.45, 7) is 11.3. The van der Waals surface area contributed by atoms with E-state index in [0.717, 1.165) is 36.8 Å². The molecule has 0 fully saturated rings. The van der Waals surface area contributed by atoms with Crippen molar-refractivity contribution in [3.8, 4) is 11.1 Å². The Labute approximate surface area is 395 Å². The van der Waals surface area contributed by atoms with Gasteiger partial charge in [-0.15, -0.1) is 0 Å². The topological polar surface area (TPSA) is 34.1 Å². The van der Waals surface area contributed by atoms with E-state index < -0.39 is 0 Å². The maximum atomic E-state index is 11.8. The van der Waals surface area contributed by atoms with Gasteiger partial charge < -0.3 is 21.7 Å². The maximum absolute atomic E-state index is 11.8. The predicted molar refractivity (Wildman–Crippen MR) is 249 cm³/mol. The zero-order valence-electron chi connectivity index (χ0n) is 35.3. The zero-order chi connectivity index (χ0) is 41.6. The molecular weight excluding hydrogens is 1100 g/mol. The zero-order valence-corrected chi connectivity index (χ0v) is 41.2. The molecule has 62 heavy (non-hydrogen) atoms. The number of Topliss-reactive ketones (excluding diaryl/α,β-unsaturated/α-hetero) is 2. The summed E-state index contributed by atoms with van der Waals surface area (Å²) >= 11 is 0. The van der Waals surface area contributed by atoms with E-state index >= 15 is 0 Å². The van der Waals surface area contributed by atoms with Crippen molar-refractivity contribution < 1.29 is 51.7 Å². The molecule has 0 amide bonds. The molecule has 8 aromatic carbocycles. The maximum Gasteiger partial charge on any atom is 0.000742 e. The van der Waals surface area contributed by atoms with Crippen LogP contribution in [0.5, 0.6) is 0 Å². The second-order valence-electron chi connectivity index (χ2n) is 16.2. The molecule has 0 heterocycles. The number of carbonyl (C=O) groups is 2. The summed E-state index contributed by atoms with van der Waals surface area (Å²) in [6.07, 6.45) is 8.88. The molecule has 4 heteroatoms. The van der Waals surface area contributed by atoms with Gasteiger partial charge in [0.2, 0.25) is 0 Å². The van der Waals surface area contributed by atoms with Crippen molar-refractivity contribution in [2.75, 3.05) is 0 Å². The molecule has 0 saturated carbocycles. The summed E-state index contributed by atoms with van der Waals surface area (Å²) in [7, 11) is 0. The first kappa shape index (κ1) is 46.0. The third-order valence-corrected chi connectivity index (χ3v) is 11.5. The number of ketones is 2. The minimum absolute atomic E-state index is 0. The van der Waals surface area contributed by atoms with Gasteiger partial charge in [0.1, 0.15) is 0 Å². The smallest absolute Gasteiger partial charge is 0.000742 e. The van der Waals surface area contributed by atoms with Crippen molar-refractivity contribution in [2.24, 2.45) is 0 Å². The summed E-state index contributed by atoms with van der Waals surface area (Å²) in [4.78, 5) is 23.5. The largest absolute Gasteiger partial charge is 0.434 e. The molecule has 0 unspecified atom stereocenters. The second-order valence-corrected chi connectivity index (χ2v) is 16.2. The van der Waals surface area contributed by atoms with E-state index in [-0.39, 0.29) is 53.7 Å². The molecule has 0 N–H and O–H groups in total. The Morgan fingerprint density at radius 2 is 0.790 bits per heavy atom. The Bertz CT molecular complexity index is 2870. The van der Waals surface area contributed by atoms with Gasteiger partial charge in [0, 0.05) is 55.0 Å². The van der Waals surface area contributed by atoms with Crippen LogP contribution in [0.25, 0.3) is 32.7 Å². The number of carbonyl (C=O) groups excluding carboxylic acids is 2. The molecular formula is C58H48O2W2-2. The SMILES string of the molecule is C=[C-]C(=O)Cc1ccc(Cc2ccc(Cc3cc(-c4c(Cc5ccc(Cc6ccc(CC(=O)[C-]=C)cc6)cc5)ccc5cc(C)ccc45)c4ccc(C)cc4c3)cc2)cc1.[W].[W]. The number of hydrogen-bond acceptors (Lipinski definition) is 2. The van der Waals surface area contributed by atoms with Gasteiger partial charge in [0.15, 0.2) is 0 Å².